The smallest absolute Gasteiger partial charge is 0.157 e. The van der Waals surface area contributed by atoms with E-state index in [1.807, 2.05) is 19.3 Å². The maximum Gasteiger partial charge on any atom is 0.157 e. The van der Waals surface area contributed by atoms with Crippen LogP contribution in [0.3, 0.4) is 0 Å². The molecule has 0 unspecified atom stereocenters. The Labute approximate surface area is 107 Å². The van der Waals surface area contributed by atoms with Crippen molar-refractivity contribution in [2.24, 2.45) is 7.05 Å². The first-order valence-corrected chi connectivity index (χ1v) is 6.05. The summed E-state index contributed by atoms with van der Waals surface area (Å²) in [7, 11) is 1.86. The fourth-order valence-electron chi connectivity index (χ4n) is 1.59. The molecule has 0 atom stereocenters. The molecule has 0 aliphatic carbocycles. The van der Waals surface area contributed by atoms with E-state index in [1.165, 1.54) is 0 Å². The Kier molecular flexibility index (Phi) is 4.04. The van der Waals surface area contributed by atoms with Gasteiger partial charge in [-0.2, -0.15) is 5.10 Å². The third kappa shape index (κ3) is 3.37. The topological polar surface area (TPSA) is 52.2 Å². The first-order chi connectivity index (χ1) is 8.65. The van der Waals surface area contributed by atoms with Gasteiger partial charge in [0.2, 0.25) is 0 Å². The third-order valence-electron chi connectivity index (χ3n) is 2.59. The SMILES string of the molecule is CC(C)NCc1ccoc1COc1cnn(C)c1. The van der Waals surface area contributed by atoms with Crippen LogP contribution in [0.5, 0.6) is 5.75 Å². The maximum atomic E-state index is 5.61. The molecule has 0 radical (unpaired) electrons. The monoisotopic (exact) mass is 249 g/mol. The number of ether oxygens (including phenoxy) is 1. The summed E-state index contributed by atoms with van der Waals surface area (Å²) in [5.41, 5.74) is 1.13. The molecule has 98 valence electrons. The highest BCUT2D eigenvalue weighted by Gasteiger charge is 2.08. The van der Waals surface area contributed by atoms with E-state index in [-0.39, 0.29) is 0 Å². The van der Waals surface area contributed by atoms with Crippen LogP contribution in [0.2, 0.25) is 0 Å². The lowest BCUT2D eigenvalue weighted by atomic mass is 10.2. The molecule has 2 rings (SSSR count). The Balaban J connectivity index is 1.91. The lowest BCUT2D eigenvalue weighted by Gasteiger charge is -2.08. The fourth-order valence-corrected chi connectivity index (χ4v) is 1.59. The number of hydrogen-bond donors (Lipinski definition) is 1. The fraction of sp³-hybridized carbons (Fsp3) is 0.462. The summed E-state index contributed by atoms with van der Waals surface area (Å²) in [6.45, 7) is 5.45. The van der Waals surface area contributed by atoms with Crippen molar-refractivity contribution in [3.63, 3.8) is 0 Å². The molecule has 0 bridgehead atoms. The minimum Gasteiger partial charge on any atom is -0.482 e. The number of rotatable bonds is 6. The number of hydrogen-bond acceptors (Lipinski definition) is 4. The zero-order chi connectivity index (χ0) is 13.0. The average molecular weight is 249 g/mol. The van der Waals surface area contributed by atoms with Gasteiger partial charge in [0.15, 0.2) is 5.75 Å². The lowest BCUT2D eigenvalue weighted by molar-refractivity contribution is 0.267. The quantitative estimate of drug-likeness (QED) is 0.851. The van der Waals surface area contributed by atoms with Crippen LogP contribution in [0.15, 0.2) is 29.1 Å². The summed E-state index contributed by atoms with van der Waals surface area (Å²) in [5.74, 6) is 1.60. The molecular weight excluding hydrogens is 230 g/mol. The minimum atomic E-state index is 0.424. The summed E-state index contributed by atoms with van der Waals surface area (Å²) in [5, 5.41) is 7.41. The second kappa shape index (κ2) is 5.73. The number of aryl methyl sites for hydroxylation is 1. The molecule has 5 nitrogen and oxygen atoms in total. The molecule has 0 aliphatic heterocycles. The van der Waals surface area contributed by atoms with Gasteiger partial charge in [0.25, 0.3) is 0 Å². The van der Waals surface area contributed by atoms with Crippen molar-refractivity contribution >= 4 is 0 Å². The highest BCUT2D eigenvalue weighted by molar-refractivity contribution is 5.18. The Hall–Kier alpha value is -1.75. The Morgan fingerprint density at radius 1 is 1.50 bits per heavy atom. The van der Waals surface area contributed by atoms with Crippen molar-refractivity contribution in [1.82, 2.24) is 15.1 Å². The summed E-state index contributed by atoms with van der Waals surface area (Å²) < 4.78 is 12.8. The van der Waals surface area contributed by atoms with Crippen molar-refractivity contribution in [3.8, 4) is 5.75 Å². The van der Waals surface area contributed by atoms with Crippen LogP contribution in [0.4, 0.5) is 0 Å². The van der Waals surface area contributed by atoms with E-state index in [1.54, 1.807) is 17.1 Å². The number of furan rings is 1. The predicted octanol–water partition coefficient (Wildman–Crippen LogP) is 2.09. The van der Waals surface area contributed by atoms with Gasteiger partial charge in [0.05, 0.1) is 18.7 Å². The number of nitrogens with zero attached hydrogens (tertiary/aromatic N) is 2. The molecule has 2 aromatic heterocycles. The summed E-state index contributed by atoms with van der Waals surface area (Å²) in [6.07, 6.45) is 5.21. The van der Waals surface area contributed by atoms with Crippen LogP contribution in [0.25, 0.3) is 0 Å². The highest BCUT2D eigenvalue weighted by Crippen LogP contribution is 2.15. The van der Waals surface area contributed by atoms with Gasteiger partial charge in [-0.15, -0.1) is 0 Å². The molecule has 0 aliphatic rings. The van der Waals surface area contributed by atoms with Gasteiger partial charge in [-0.25, -0.2) is 0 Å². The van der Waals surface area contributed by atoms with Crippen molar-refractivity contribution in [1.29, 1.82) is 0 Å². The van der Waals surface area contributed by atoms with Gasteiger partial charge in [-0.1, -0.05) is 13.8 Å². The van der Waals surface area contributed by atoms with Gasteiger partial charge < -0.3 is 14.5 Å². The maximum absolute atomic E-state index is 5.61. The molecule has 0 saturated heterocycles. The molecule has 0 aromatic carbocycles. The van der Waals surface area contributed by atoms with Crippen LogP contribution in [-0.2, 0) is 20.2 Å². The molecular formula is C13H19N3O2. The van der Waals surface area contributed by atoms with E-state index < -0.39 is 0 Å². The first kappa shape index (κ1) is 12.7. The minimum absolute atomic E-state index is 0.424. The van der Waals surface area contributed by atoms with E-state index in [0.717, 1.165) is 23.6 Å². The standard InChI is InChI=1S/C13H19N3O2/c1-10(2)14-6-11-4-5-17-13(11)9-18-12-7-15-16(3)8-12/h4-5,7-8,10,14H,6,9H2,1-3H3. The molecule has 0 fully saturated rings. The van der Waals surface area contributed by atoms with Crippen LogP contribution >= 0.6 is 0 Å². The van der Waals surface area contributed by atoms with E-state index in [4.69, 9.17) is 9.15 Å². The second-order valence-corrected chi connectivity index (χ2v) is 4.54. The van der Waals surface area contributed by atoms with E-state index in [2.05, 4.69) is 24.3 Å². The summed E-state index contributed by atoms with van der Waals surface area (Å²) >= 11 is 0. The zero-order valence-electron chi connectivity index (χ0n) is 11.0. The Morgan fingerprint density at radius 2 is 2.33 bits per heavy atom. The third-order valence-corrected chi connectivity index (χ3v) is 2.59. The van der Waals surface area contributed by atoms with Crippen molar-refractivity contribution in [3.05, 3.63) is 36.0 Å². The largest absolute Gasteiger partial charge is 0.482 e. The van der Waals surface area contributed by atoms with Gasteiger partial charge in [-0.3, -0.25) is 4.68 Å². The molecule has 0 spiro atoms. The second-order valence-electron chi connectivity index (χ2n) is 4.54. The molecule has 2 heterocycles. The number of aromatic nitrogens is 2. The lowest BCUT2D eigenvalue weighted by Crippen LogP contribution is -2.22. The molecule has 18 heavy (non-hydrogen) atoms. The molecule has 2 aromatic rings. The Bertz CT molecular complexity index is 488. The van der Waals surface area contributed by atoms with Crippen molar-refractivity contribution in [2.75, 3.05) is 0 Å². The average Bonchev–Trinajstić information content (AvgIpc) is 2.92. The predicted molar refractivity (Wildman–Crippen MR) is 68.2 cm³/mol. The molecule has 1 N–H and O–H groups in total. The highest BCUT2D eigenvalue weighted by atomic mass is 16.5. The molecule has 5 heteroatoms. The number of nitrogens with one attached hydrogen (secondary N) is 1. The van der Waals surface area contributed by atoms with Gasteiger partial charge >= 0.3 is 0 Å². The van der Waals surface area contributed by atoms with E-state index in [9.17, 15) is 0 Å². The van der Waals surface area contributed by atoms with Crippen LogP contribution < -0.4 is 10.1 Å². The summed E-state index contributed by atoms with van der Waals surface area (Å²) in [6, 6.07) is 2.42. The van der Waals surface area contributed by atoms with Crippen LogP contribution in [0, 0.1) is 0 Å². The van der Waals surface area contributed by atoms with Crippen molar-refractivity contribution in [2.45, 2.75) is 33.0 Å². The van der Waals surface area contributed by atoms with Crippen LogP contribution in [0.1, 0.15) is 25.2 Å². The first-order valence-electron chi connectivity index (χ1n) is 6.05. The molecule has 0 amide bonds. The van der Waals surface area contributed by atoms with Gasteiger partial charge in [0, 0.05) is 25.2 Å². The molecule has 0 saturated carbocycles. The van der Waals surface area contributed by atoms with Gasteiger partial charge in [0.1, 0.15) is 12.4 Å². The normalized spacial score (nSPS) is 11.1. The van der Waals surface area contributed by atoms with E-state index in [0.29, 0.717) is 12.6 Å². The zero-order valence-corrected chi connectivity index (χ0v) is 11.0. The van der Waals surface area contributed by atoms with E-state index >= 15 is 0 Å². The van der Waals surface area contributed by atoms with Gasteiger partial charge in [-0.05, 0) is 6.07 Å². The summed E-state index contributed by atoms with van der Waals surface area (Å²) in [4.78, 5) is 0. The Morgan fingerprint density at radius 3 is 3.00 bits per heavy atom. The van der Waals surface area contributed by atoms with Crippen LogP contribution in [-0.4, -0.2) is 15.8 Å². The van der Waals surface area contributed by atoms with Crippen molar-refractivity contribution < 1.29 is 9.15 Å².